The second kappa shape index (κ2) is 4.43. The molecule has 0 spiro atoms. The lowest BCUT2D eigenvalue weighted by Gasteiger charge is -2.14. The summed E-state index contributed by atoms with van der Waals surface area (Å²) < 4.78 is 13.2. The summed E-state index contributed by atoms with van der Waals surface area (Å²) in [4.78, 5) is 11.0. The van der Waals surface area contributed by atoms with Crippen molar-refractivity contribution in [2.45, 2.75) is 33.1 Å². The number of rotatable bonds is 3. The number of carboxylic acid groups (broad SMARTS) is 1. The van der Waals surface area contributed by atoms with Crippen LogP contribution in [0.3, 0.4) is 0 Å². The molecule has 0 bridgehead atoms. The topological polar surface area (TPSA) is 37.3 Å². The predicted octanol–water partition coefficient (Wildman–Crippen LogP) is 3.02. The Morgan fingerprint density at radius 1 is 1.40 bits per heavy atom. The SMILES string of the molecule is CCC(C(=O)O)c1cc(C)c(F)cc1C. The second-order valence-corrected chi connectivity index (χ2v) is 3.76. The maximum atomic E-state index is 13.2. The van der Waals surface area contributed by atoms with Crippen LogP contribution in [0, 0.1) is 19.7 Å². The van der Waals surface area contributed by atoms with Gasteiger partial charge in [0.2, 0.25) is 0 Å². The molecule has 0 radical (unpaired) electrons. The fourth-order valence-corrected chi connectivity index (χ4v) is 1.71. The van der Waals surface area contributed by atoms with Gasteiger partial charge in [-0.2, -0.15) is 0 Å². The third-order valence-corrected chi connectivity index (χ3v) is 2.63. The lowest BCUT2D eigenvalue weighted by molar-refractivity contribution is -0.138. The first-order valence-corrected chi connectivity index (χ1v) is 4.96. The van der Waals surface area contributed by atoms with Gasteiger partial charge in [0.1, 0.15) is 5.82 Å². The zero-order chi connectivity index (χ0) is 11.6. The summed E-state index contributed by atoms with van der Waals surface area (Å²) in [5.41, 5.74) is 1.91. The van der Waals surface area contributed by atoms with E-state index in [0.29, 0.717) is 23.1 Å². The van der Waals surface area contributed by atoms with Gasteiger partial charge in [0, 0.05) is 0 Å². The maximum Gasteiger partial charge on any atom is 0.310 e. The van der Waals surface area contributed by atoms with E-state index in [4.69, 9.17) is 5.11 Å². The Morgan fingerprint density at radius 2 is 2.00 bits per heavy atom. The first kappa shape index (κ1) is 11.7. The molecule has 0 amide bonds. The summed E-state index contributed by atoms with van der Waals surface area (Å²) in [7, 11) is 0. The lowest BCUT2D eigenvalue weighted by Crippen LogP contribution is -2.12. The maximum absolute atomic E-state index is 13.2. The highest BCUT2D eigenvalue weighted by Crippen LogP contribution is 2.25. The molecular formula is C12H15FO2. The van der Waals surface area contributed by atoms with Gasteiger partial charge in [-0.1, -0.05) is 13.0 Å². The molecule has 3 heteroatoms. The van der Waals surface area contributed by atoms with Crippen LogP contribution < -0.4 is 0 Å². The molecule has 0 aliphatic rings. The molecule has 1 unspecified atom stereocenters. The quantitative estimate of drug-likeness (QED) is 0.832. The molecule has 0 aliphatic carbocycles. The summed E-state index contributed by atoms with van der Waals surface area (Å²) >= 11 is 0. The Kier molecular flexibility index (Phi) is 3.45. The van der Waals surface area contributed by atoms with Crippen LogP contribution >= 0.6 is 0 Å². The van der Waals surface area contributed by atoms with Gasteiger partial charge in [-0.05, 0) is 43.0 Å². The van der Waals surface area contributed by atoms with Crippen molar-refractivity contribution in [2.24, 2.45) is 0 Å². The van der Waals surface area contributed by atoms with Crippen molar-refractivity contribution in [2.75, 3.05) is 0 Å². The minimum Gasteiger partial charge on any atom is -0.481 e. The monoisotopic (exact) mass is 210 g/mol. The molecule has 0 saturated heterocycles. The van der Waals surface area contributed by atoms with E-state index in [1.807, 2.05) is 6.92 Å². The minimum absolute atomic E-state index is 0.281. The molecule has 1 atom stereocenters. The van der Waals surface area contributed by atoms with E-state index in [2.05, 4.69) is 0 Å². The van der Waals surface area contributed by atoms with Gasteiger partial charge in [0.25, 0.3) is 0 Å². The zero-order valence-corrected chi connectivity index (χ0v) is 9.17. The highest BCUT2D eigenvalue weighted by atomic mass is 19.1. The molecule has 0 saturated carbocycles. The summed E-state index contributed by atoms with van der Waals surface area (Å²) in [5.74, 6) is -1.67. The fourth-order valence-electron chi connectivity index (χ4n) is 1.71. The normalized spacial score (nSPS) is 12.5. The van der Waals surface area contributed by atoms with E-state index in [1.165, 1.54) is 6.07 Å². The first-order chi connectivity index (χ1) is 6.97. The molecule has 1 aromatic rings. The lowest BCUT2D eigenvalue weighted by atomic mass is 9.91. The standard InChI is InChI=1S/C12H15FO2/c1-4-9(12(14)15)10-5-8(3)11(13)6-7(10)2/h5-6,9H,4H2,1-3H3,(H,14,15). The Bertz CT molecular complexity index is 385. The van der Waals surface area contributed by atoms with E-state index in [9.17, 15) is 9.18 Å². The molecule has 15 heavy (non-hydrogen) atoms. The average Bonchev–Trinajstić information content (AvgIpc) is 2.14. The molecule has 0 aromatic heterocycles. The largest absolute Gasteiger partial charge is 0.481 e. The van der Waals surface area contributed by atoms with Crippen molar-refractivity contribution in [3.63, 3.8) is 0 Å². The van der Waals surface area contributed by atoms with Gasteiger partial charge < -0.3 is 5.11 Å². The molecular weight excluding hydrogens is 195 g/mol. The van der Waals surface area contributed by atoms with Crippen molar-refractivity contribution >= 4 is 5.97 Å². The van der Waals surface area contributed by atoms with Gasteiger partial charge in [0.15, 0.2) is 0 Å². The van der Waals surface area contributed by atoms with Crippen molar-refractivity contribution in [1.29, 1.82) is 0 Å². The van der Waals surface area contributed by atoms with Crippen molar-refractivity contribution < 1.29 is 14.3 Å². The van der Waals surface area contributed by atoms with Gasteiger partial charge in [-0.15, -0.1) is 0 Å². The van der Waals surface area contributed by atoms with Crippen LogP contribution in [0.15, 0.2) is 12.1 Å². The Morgan fingerprint density at radius 3 is 2.47 bits per heavy atom. The molecule has 0 fully saturated rings. The average molecular weight is 210 g/mol. The minimum atomic E-state index is -0.855. The second-order valence-electron chi connectivity index (χ2n) is 3.76. The molecule has 1 rings (SSSR count). The van der Waals surface area contributed by atoms with E-state index in [1.54, 1.807) is 19.9 Å². The Hall–Kier alpha value is -1.38. The first-order valence-electron chi connectivity index (χ1n) is 4.96. The van der Waals surface area contributed by atoms with Gasteiger partial charge >= 0.3 is 5.97 Å². The molecule has 1 N–H and O–H groups in total. The number of aryl methyl sites for hydroxylation is 2. The Balaban J connectivity index is 3.24. The van der Waals surface area contributed by atoms with Crippen molar-refractivity contribution in [1.82, 2.24) is 0 Å². The van der Waals surface area contributed by atoms with E-state index in [0.717, 1.165) is 0 Å². The number of benzene rings is 1. The number of carboxylic acids is 1. The van der Waals surface area contributed by atoms with E-state index < -0.39 is 11.9 Å². The highest BCUT2D eigenvalue weighted by Gasteiger charge is 2.20. The third-order valence-electron chi connectivity index (χ3n) is 2.63. The van der Waals surface area contributed by atoms with Gasteiger partial charge in [-0.3, -0.25) is 4.79 Å². The predicted molar refractivity (Wildman–Crippen MR) is 56.5 cm³/mol. The summed E-state index contributed by atoms with van der Waals surface area (Å²) in [5, 5.41) is 9.02. The molecule has 82 valence electrons. The van der Waals surface area contributed by atoms with Crippen LogP contribution in [0.2, 0.25) is 0 Å². The number of halogens is 1. The van der Waals surface area contributed by atoms with Crippen LogP contribution in [0.5, 0.6) is 0 Å². The van der Waals surface area contributed by atoms with E-state index >= 15 is 0 Å². The summed E-state index contributed by atoms with van der Waals surface area (Å²) in [6.07, 6.45) is 0.515. The molecule has 2 nitrogen and oxygen atoms in total. The van der Waals surface area contributed by atoms with Crippen LogP contribution in [0.4, 0.5) is 4.39 Å². The van der Waals surface area contributed by atoms with E-state index in [-0.39, 0.29) is 5.82 Å². The van der Waals surface area contributed by atoms with Crippen LogP contribution in [-0.4, -0.2) is 11.1 Å². The third kappa shape index (κ3) is 2.35. The smallest absolute Gasteiger partial charge is 0.310 e. The molecule has 1 aromatic carbocycles. The number of carbonyl (C=O) groups is 1. The van der Waals surface area contributed by atoms with Crippen LogP contribution in [0.1, 0.15) is 36.0 Å². The summed E-state index contributed by atoms with van der Waals surface area (Å²) in [6.45, 7) is 5.20. The number of hydrogen-bond donors (Lipinski definition) is 1. The number of hydrogen-bond acceptors (Lipinski definition) is 1. The van der Waals surface area contributed by atoms with Crippen molar-refractivity contribution in [3.05, 3.63) is 34.6 Å². The summed E-state index contributed by atoms with van der Waals surface area (Å²) in [6, 6.07) is 3.03. The van der Waals surface area contributed by atoms with Gasteiger partial charge in [-0.25, -0.2) is 4.39 Å². The van der Waals surface area contributed by atoms with Crippen LogP contribution in [0.25, 0.3) is 0 Å². The number of aliphatic carboxylic acids is 1. The highest BCUT2D eigenvalue weighted by molar-refractivity contribution is 5.76. The zero-order valence-electron chi connectivity index (χ0n) is 9.17. The fraction of sp³-hybridized carbons (Fsp3) is 0.417. The Labute approximate surface area is 88.7 Å². The van der Waals surface area contributed by atoms with Crippen LogP contribution in [-0.2, 0) is 4.79 Å². The molecule has 0 aliphatic heterocycles. The molecule has 0 heterocycles. The van der Waals surface area contributed by atoms with Crippen molar-refractivity contribution in [3.8, 4) is 0 Å². The van der Waals surface area contributed by atoms with Gasteiger partial charge in [0.05, 0.1) is 5.92 Å².